The van der Waals surface area contributed by atoms with Crippen LogP contribution in [0.2, 0.25) is 0 Å². The molecule has 0 aromatic heterocycles. The maximum absolute atomic E-state index is 7.01. The minimum absolute atomic E-state index is 0.0703. The second-order valence-corrected chi connectivity index (χ2v) is 15.9. The molecule has 4 aliphatic heterocycles. The molecule has 8 atom stereocenters. The zero-order valence-corrected chi connectivity index (χ0v) is 26.3. The Kier molecular flexibility index (Phi) is 7.75. The van der Waals surface area contributed by atoms with Crippen molar-refractivity contribution in [1.82, 2.24) is 0 Å². The molecule has 8 heteroatoms. The normalized spacial score (nSPS) is 39.0. The summed E-state index contributed by atoms with van der Waals surface area (Å²) in [6.45, 7) is 29.3. The van der Waals surface area contributed by atoms with Gasteiger partial charge in [-0.15, -0.1) is 0 Å². The van der Waals surface area contributed by atoms with E-state index >= 15 is 0 Å². The van der Waals surface area contributed by atoms with Gasteiger partial charge < -0.3 is 37.9 Å². The molecule has 4 fully saturated rings. The lowest BCUT2D eigenvalue weighted by Crippen LogP contribution is -2.52. The molecule has 0 N–H and O–H groups in total. The van der Waals surface area contributed by atoms with Crippen LogP contribution in [0.1, 0.15) is 110 Å². The zero-order chi connectivity index (χ0) is 28.7. The smallest absolute Gasteiger partial charge is 0.190 e. The van der Waals surface area contributed by atoms with Crippen molar-refractivity contribution in [2.75, 3.05) is 0 Å². The van der Waals surface area contributed by atoms with Crippen LogP contribution in [0.4, 0.5) is 0 Å². The average Bonchev–Trinajstić information content (AvgIpc) is 3.31. The molecule has 4 rings (SSSR count). The van der Waals surface area contributed by atoms with Gasteiger partial charge in [0.15, 0.2) is 24.2 Å². The van der Waals surface area contributed by atoms with E-state index in [-0.39, 0.29) is 53.1 Å². The van der Waals surface area contributed by atoms with Crippen LogP contribution in [0.15, 0.2) is 0 Å². The highest BCUT2D eigenvalue weighted by Crippen LogP contribution is 2.49. The molecule has 0 unspecified atom stereocenters. The molecule has 8 nitrogen and oxygen atoms in total. The predicted molar refractivity (Wildman–Crippen MR) is 143 cm³/mol. The van der Waals surface area contributed by atoms with Gasteiger partial charge in [-0.25, -0.2) is 0 Å². The summed E-state index contributed by atoms with van der Waals surface area (Å²) in [5, 5.41) is 0. The molecule has 0 aromatic carbocycles. The minimum Gasteiger partial charge on any atom is -0.367 e. The van der Waals surface area contributed by atoms with Crippen LogP contribution in [-0.4, -0.2) is 72.0 Å². The lowest BCUT2D eigenvalue weighted by Gasteiger charge is -2.46. The lowest BCUT2D eigenvalue weighted by atomic mass is 9.72. The summed E-state index contributed by atoms with van der Waals surface area (Å²) >= 11 is 0. The third-order valence-corrected chi connectivity index (χ3v) is 8.25. The van der Waals surface area contributed by atoms with Crippen LogP contribution in [0.3, 0.4) is 0 Å². The molecule has 0 saturated carbocycles. The lowest BCUT2D eigenvalue weighted by molar-refractivity contribution is -0.246. The van der Waals surface area contributed by atoms with Crippen LogP contribution in [0, 0.1) is 10.8 Å². The summed E-state index contributed by atoms with van der Waals surface area (Å²) in [6.07, 6.45) is -0.735. The van der Waals surface area contributed by atoms with Crippen molar-refractivity contribution in [2.45, 2.75) is 182 Å². The van der Waals surface area contributed by atoms with Crippen LogP contribution < -0.4 is 0 Å². The van der Waals surface area contributed by atoms with Crippen molar-refractivity contribution in [3.8, 4) is 0 Å². The number of hydrogen-bond donors (Lipinski definition) is 0. The van der Waals surface area contributed by atoms with Crippen LogP contribution in [-0.2, 0) is 37.9 Å². The van der Waals surface area contributed by atoms with E-state index in [9.17, 15) is 0 Å². The minimum atomic E-state index is -0.704. The largest absolute Gasteiger partial charge is 0.367 e. The Labute approximate surface area is 230 Å². The van der Waals surface area contributed by atoms with E-state index in [0.29, 0.717) is 6.42 Å². The van der Waals surface area contributed by atoms with E-state index in [1.54, 1.807) is 0 Å². The Bertz CT molecular complexity index is 851. The summed E-state index contributed by atoms with van der Waals surface area (Å²) in [5.74, 6) is -1.40. The van der Waals surface area contributed by atoms with Gasteiger partial charge in [-0.2, -0.15) is 0 Å². The third kappa shape index (κ3) is 6.59. The zero-order valence-electron chi connectivity index (χ0n) is 26.3. The fourth-order valence-electron chi connectivity index (χ4n) is 5.97. The topological polar surface area (TPSA) is 73.8 Å². The van der Waals surface area contributed by atoms with E-state index in [2.05, 4.69) is 69.2 Å². The summed E-state index contributed by atoms with van der Waals surface area (Å²) in [7, 11) is 0. The molecule has 0 bridgehead atoms. The van der Waals surface area contributed by atoms with Crippen LogP contribution in [0.5, 0.6) is 0 Å². The number of fused-ring (bicyclic) bond motifs is 2. The molecule has 222 valence electrons. The molecule has 4 heterocycles. The van der Waals surface area contributed by atoms with E-state index in [1.807, 2.05) is 27.7 Å². The summed E-state index contributed by atoms with van der Waals surface area (Å²) < 4.78 is 51.1. The van der Waals surface area contributed by atoms with Crippen LogP contribution in [0.25, 0.3) is 0 Å². The van der Waals surface area contributed by atoms with Gasteiger partial charge in [0.1, 0.15) is 24.4 Å². The standard InChI is InChI=1S/C30H54O8/c1-25(2,3)15-17-20(22-24(31-17)38-30(13,14)36-22)34-28(9,10)27(7,8)16-18-19(33-26(4,5)6)21-23(32-18)37-29(11,12)35-21/h17-24H,15-16H2,1-14H3/t17-,18+,19-,20+,21+,22-,23+,24-/m0/s1. The van der Waals surface area contributed by atoms with Gasteiger partial charge in [0.05, 0.1) is 23.4 Å². The molecule has 0 aliphatic carbocycles. The molecule has 4 aliphatic rings. The van der Waals surface area contributed by atoms with Crippen molar-refractivity contribution < 1.29 is 37.9 Å². The molecule has 38 heavy (non-hydrogen) atoms. The van der Waals surface area contributed by atoms with Gasteiger partial charge >= 0.3 is 0 Å². The number of rotatable bonds is 7. The maximum Gasteiger partial charge on any atom is 0.190 e. The van der Waals surface area contributed by atoms with Gasteiger partial charge in [-0.1, -0.05) is 34.6 Å². The van der Waals surface area contributed by atoms with Crippen molar-refractivity contribution in [3.05, 3.63) is 0 Å². The Morgan fingerprint density at radius 2 is 1.00 bits per heavy atom. The second-order valence-electron chi connectivity index (χ2n) is 15.9. The average molecular weight is 543 g/mol. The molecule has 4 saturated heterocycles. The van der Waals surface area contributed by atoms with Gasteiger partial charge in [-0.05, 0) is 86.0 Å². The molecular formula is C30H54O8. The summed E-state index contributed by atoms with van der Waals surface area (Å²) in [5.41, 5.74) is -1.13. The predicted octanol–water partition coefficient (Wildman–Crippen LogP) is 5.94. The first-order chi connectivity index (χ1) is 17.0. The maximum atomic E-state index is 7.01. The highest BCUT2D eigenvalue weighted by molar-refractivity contribution is 5.02. The first-order valence-corrected chi connectivity index (χ1v) is 14.4. The second kappa shape index (κ2) is 9.62. The monoisotopic (exact) mass is 542 g/mol. The van der Waals surface area contributed by atoms with E-state index in [0.717, 1.165) is 6.42 Å². The molecular weight excluding hydrogens is 488 g/mol. The Morgan fingerprint density at radius 3 is 1.42 bits per heavy atom. The van der Waals surface area contributed by atoms with Crippen molar-refractivity contribution >= 4 is 0 Å². The SMILES string of the molecule is CC(C)(C)C[C@@H]1O[C@H]2OC(C)(C)O[C@H]2[C@@H]1OC(C)(C)C(C)(C)C[C@H]1O[C@@H]2OC(C)(C)O[C@@H]2[C@H]1OC(C)(C)C. The number of ether oxygens (including phenoxy) is 8. The van der Waals surface area contributed by atoms with E-state index in [1.165, 1.54) is 0 Å². The Hall–Kier alpha value is -0.320. The fourth-order valence-corrected chi connectivity index (χ4v) is 5.97. The van der Waals surface area contributed by atoms with Crippen LogP contribution >= 0.6 is 0 Å². The van der Waals surface area contributed by atoms with Crippen molar-refractivity contribution in [2.24, 2.45) is 10.8 Å². The van der Waals surface area contributed by atoms with E-state index in [4.69, 9.17) is 37.9 Å². The molecule has 0 aromatic rings. The number of hydrogen-bond acceptors (Lipinski definition) is 8. The fraction of sp³-hybridized carbons (Fsp3) is 1.00. The Morgan fingerprint density at radius 1 is 0.579 bits per heavy atom. The summed E-state index contributed by atoms with van der Waals surface area (Å²) in [6, 6.07) is 0. The first-order valence-electron chi connectivity index (χ1n) is 14.4. The Balaban J connectivity index is 1.52. The van der Waals surface area contributed by atoms with Gasteiger partial charge in [0.2, 0.25) is 0 Å². The highest BCUT2D eigenvalue weighted by Gasteiger charge is 2.60. The van der Waals surface area contributed by atoms with Gasteiger partial charge in [0, 0.05) is 0 Å². The molecule has 0 spiro atoms. The van der Waals surface area contributed by atoms with Gasteiger partial charge in [-0.3, -0.25) is 0 Å². The third-order valence-electron chi connectivity index (χ3n) is 8.25. The molecule has 0 radical (unpaired) electrons. The quantitative estimate of drug-likeness (QED) is 0.391. The first kappa shape index (κ1) is 30.6. The highest BCUT2D eigenvalue weighted by atomic mass is 16.9. The van der Waals surface area contributed by atoms with E-state index < -0.39 is 29.8 Å². The van der Waals surface area contributed by atoms with Crippen molar-refractivity contribution in [1.29, 1.82) is 0 Å². The molecule has 0 amide bonds. The van der Waals surface area contributed by atoms with Gasteiger partial charge in [0.25, 0.3) is 0 Å². The van der Waals surface area contributed by atoms with Crippen molar-refractivity contribution in [3.63, 3.8) is 0 Å². The summed E-state index contributed by atoms with van der Waals surface area (Å²) in [4.78, 5) is 0.